The van der Waals surface area contributed by atoms with Crippen LogP contribution in [-0.2, 0) is 9.30 Å². The fourth-order valence-electron chi connectivity index (χ4n) is 0.826. The average Bonchev–Trinajstić information content (AvgIpc) is 2.08. The zero-order valence-electron chi connectivity index (χ0n) is 4.86. The summed E-state index contributed by atoms with van der Waals surface area (Å²) in [5.41, 5.74) is 0. The molecule has 1 aliphatic rings. The van der Waals surface area contributed by atoms with Crippen LogP contribution >= 0.6 is 7.60 Å². The Bertz CT molecular complexity index is 134. The quantitative estimate of drug-likeness (QED) is 0.530. The van der Waals surface area contributed by atoms with Crippen molar-refractivity contribution in [1.82, 2.24) is 0 Å². The van der Waals surface area contributed by atoms with Gasteiger partial charge in [0.1, 0.15) is 0 Å². The first-order valence-corrected chi connectivity index (χ1v) is 4.45. The average molecular weight is 152 g/mol. The molecular formula is C4H9O4P. The lowest BCUT2D eigenvalue weighted by molar-refractivity contribution is 0.140. The molecule has 1 saturated heterocycles. The van der Waals surface area contributed by atoms with E-state index in [-0.39, 0.29) is 0 Å². The summed E-state index contributed by atoms with van der Waals surface area (Å²) in [5, 5.41) is 0. The maximum Gasteiger partial charge on any atom is 0.354 e. The molecule has 5 heteroatoms. The van der Waals surface area contributed by atoms with Crippen LogP contribution < -0.4 is 0 Å². The molecule has 0 aliphatic carbocycles. The summed E-state index contributed by atoms with van der Waals surface area (Å²) >= 11 is 0. The van der Waals surface area contributed by atoms with Crippen LogP contribution in [0.2, 0.25) is 0 Å². The Morgan fingerprint density at radius 2 is 2.22 bits per heavy atom. The van der Waals surface area contributed by atoms with Gasteiger partial charge in [0.25, 0.3) is 0 Å². The van der Waals surface area contributed by atoms with Crippen LogP contribution in [0.1, 0.15) is 12.8 Å². The molecule has 0 bridgehead atoms. The smallest absolute Gasteiger partial charge is 0.354 e. The second-order valence-electron chi connectivity index (χ2n) is 2.06. The number of hydrogen-bond acceptors (Lipinski definition) is 2. The number of hydrogen-bond donors (Lipinski definition) is 2. The van der Waals surface area contributed by atoms with Gasteiger partial charge in [-0.3, -0.25) is 4.57 Å². The number of ether oxygens (including phenoxy) is 1. The molecule has 0 spiro atoms. The Balaban J connectivity index is 2.52. The molecule has 4 nitrogen and oxygen atoms in total. The van der Waals surface area contributed by atoms with Crippen LogP contribution in [0.25, 0.3) is 0 Å². The van der Waals surface area contributed by atoms with Crippen LogP contribution in [0, 0.1) is 0 Å². The summed E-state index contributed by atoms with van der Waals surface area (Å²) in [4.78, 5) is 17.0. The fraction of sp³-hybridized carbons (Fsp3) is 1.00. The van der Waals surface area contributed by atoms with Crippen molar-refractivity contribution in [2.75, 3.05) is 6.61 Å². The Morgan fingerprint density at radius 3 is 2.44 bits per heavy atom. The third kappa shape index (κ3) is 1.76. The highest BCUT2D eigenvalue weighted by Crippen LogP contribution is 2.46. The molecule has 0 saturated carbocycles. The minimum absolute atomic E-state index is 0.482. The minimum atomic E-state index is -3.94. The van der Waals surface area contributed by atoms with E-state index in [0.717, 1.165) is 6.42 Å². The Hall–Kier alpha value is 0.110. The van der Waals surface area contributed by atoms with E-state index in [2.05, 4.69) is 0 Å². The van der Waals surface area contributed by atoms with E-state index < -0.39 is 13.4 Å². The lowest BCUT2D eigenvalue weighted by Crippen LogP contribution is -2.04. The molecule has 54 valence electrons. The summed E-state index contributed by atoms with van der Waals surface area (Å²) in [6.07, 6.45) is 1.25. The fourth-order valence-corrected chi connectivity index (χ4v) is 1.64. The van der Waals surface area contributed by atoms with E-state index in [1.165, 1.54) is 0 Å². The van der Waals surface area contributed by atoms with Gasteiger partial charge in [0, 0.05) is 6.61 Å². The molecule has 1 aliphatic heterocycles. The van der Waals surface area contributed by atoms with Gasteiger partial charge in [0.05, 0.1) is 0 Å². The van der Waals surface area contributed by atoms with E-state index >= 15 is 0 Å². The van der Waals surface area contributed by atoms with Gasteiger partial charge in [0.15, 0.2) is 5.85 Å². The Kier molecular flexibility index (Phi) is 1.91. The summed E-state index contributed by atoms with van der Waals surface area (Å²) in [5.74, 6) is -0.822. The summed E-state index contributed by atoms with van der Waals surface area (Å²) < 4.78 is 15.2. The van der Waals surface area contributed by atoms with E-state index in [1.54, 1.807) is 0 Å². The van der Waals surface area contributed by atoms with Crippen molar-refractivity contribution < 1.29 is 19.1 Å². The van der Waals surface area contributed by atoms with E-state index in [0.29, 0.717) is 13.0 Å². The molecule has 0 unspecified atom stereocenters. The van der Waals surface area contributed by atoms with Gasteiger partial charge in [-0.05, 0) is 12.8 Å². The van der Waals surface area contributed by atoms with E-state index in [1.807, 2.05) is 0 Å². The lowest BCUT2D eigenvalue weighted by Gasteiger charge is -2.09. The zero-order chi connectivity index (χ0) is 6.91. The van der Waals surface area contributed by atoms with Crippen molar-refractivity contribution in [2.24, 2.45) is 0 Å². The minimum Gasteiger partial charge on any atom is -0.366 e. The molecule has 0 aromatic rings. The molecular weight excluding hydrogens is 143 g/mol. The standard InChI is InChI=1S/C4H9O4P/c5-9(6,7)4-2-1-3-8-4/h4H,1-3H2,(H2,5,6,7)/t4-/m0/s1. The highest BCUT2D eigenvalue weighted by Gasteiger charge is 2.32. The molecule has 1 heterocycles. The van der Waals surface area contributed by atoms with E-state index in [4.69, 9.17) is 14.5 Å². The molecule has 1 atom stereocenters. The van der Waals surface area contributed by atoms with Crippen molar-refractivity contribution in [3.63, 3.8) is 0 Å². The van der Waals surface area contributed by atoms with Crippen molar-refractivity contribution in [1.29, 1.82) is 0 Å². The van der Waals surface area contributed by atoms with E-state index in [9.17, 15) is 4.57 Å². The first kappa shape index (κ1) is 7.22. The van der Waals surface area contributed by atoms with Crippen molar-refractivity contribution in [3.8, 4) is 0 Å². The van der Waals surface area contributed by atoms with Crippen LogP contribution in [0.3, 0.4) is 0 Å². The summed E-state index contributed by atoms with van der Waals surface area (Å²) in [6.45, 7) is 0.482. The maximum atomic E-state index is 10.4. The Labute approximate surface area is 53.0 Å². The van der Waals surface area contributed by atoms with Crippen LogP contribution in [0.15, 0.2) is 0 Å². The normalized spacial score (nSPS) is 28.9. The third-order valence-electron chi connectivity index (χ3n) is 1.28. The second kappa shape index (κ2) is 2.39. The molecule has 0 radical (unpaired) electrons. The van der Waals surface area contributed by atoms with Gasteiger partial charge >= 0.3 is 7.60 Å². The van der Waals surface area contributed by atoms with Crippen LogP contribution in [0.4, 0.5) is 0 Å². The topological polar surface area (TPSA) is 66.8 Å². The largest absolute Gasteiger partial charge is 0.366 e. The molecule has 9 heavy (non-hydrogen) atoms. The molecule has 1 fully saturated rings. The van der Waals surface area contributed by atoms with Gasteiger partial charge in [-0.1, -0.05) is 0 Å². The van der Waals surface area contributed by atoms with Crippen molar-refractivity contribution in [3.05, 3.63) is 0 Å². The predicted molar refractivity (Wildman–Crippen MR) is 31.0 cm³/mol. The lowest BCUT2D eigenvalue weighted by atomic mass is 10.4. The first-order chi connectivity index (χ1) is 4.11. The molecule has 2 N–H and O–H groups in total. The van der Waals surface area contributed by atoms with Gasteiger partial charge < -0.3 is 14.5 Å². The summed E-state index contributed by atoms with van der Waals surface area (Å²) in [7, 11) is -3.94. The number of rotatable bonds is 1. The molecule has 0 amide bonds. The predicted octanol–water partition coefficient (Wildman–Crippen LogP) is 0.301. The highest BCUT2D eigenvalue weighted by molar-refractivity contribution is 7.52. The molecule has 1 rings (SSSR count). The van der Waals surface area contributed by atoms with Crippen LogP contribution in [-0.4, -0.2) is 22.2 Å². The zero-order valence-corrected chi connectivity index (χ0v) is 5.75. The third-order valence-corrected chi connectivity index (χ3v) is 2.44. The van der Waals surface area contributed by atoms with Gasteiger partial charge in [-0.15, -0.1) is 0 Å². The SMILES string of the molecule is O=P(O)(O)[C@H]1CCCO1. The monoisotopic (exact) mass is 152 g/mol. The summed E-state index contributed by atoms with van der Waals surface area (Å²) in [6, 6.07) is 0. The van der Waals surface area contributed by atoms with Crippen LogP contribution in [0.5, 0.6) is 0 Å². The van der Waals surface area contributed by atoms with Gasteiger partial charge in [0.2, 0.25) is 0 Å². The Morgan fingerprint density at radius 1 is 1.56 bits per heavy atom. The van der Waals surface area contributed by atoms with Gasteiger partial charge in [-0.25, -0.2) is 0 Å². The first-order valence-electron chi connectivity index (χ1n) is 2.77. The highest BCUT2D eigenvalue weighted by atomic mass is 31.2. The maximum absolute atomic E-state index is 10.4. The molecule has 0 aromatic heterocycles. The van der Waals surface area contributed by atoms with Crippen molar-refractivity contribution >= 4 is 7.60 Å². The van der Waals surface area contributed by atoms with Gasteiger partial charge in [-0.2, -0.15) is 0 Å². The second-order valence-corrected chi connectivity index (χ2v) is 3.81. The van der Waals surface area contributed by atoms with Crippen molar-refractivity contribution in [2.45, 2.75) is 18.7 Å². The molecule has 0 aromatic carbocycles.